The molecule has 0 saturated heterocycles. The Hall–Kier alpha value is -5.24. The number of fused-ring (bicyclic) bond motifs is 3. The van der Waals surface area contributed by atoms with Gasteiger partial charge in [-0.1, -0.05) is 48.5 Å². The highest BCUT2D eigenvalue weighted by molar-refractivity contribution is 6.22. The Morgan fingerprint density at radius 2 is 1.20 bits per heavy atom. The van der Waals surface area contributed by atoms with Crippen LogP contribution in [0, 0.1) is 19.8 Å². The van der Waals surface area contributed by atoms with Gasteiger partial charge in [0.2, 0.25) is 0 Å². The van der Waals surface area contributed by atoms with Crippen molar-refractivity contribution in [3.8, 4) is 0 Å². The number of nitrogens with one attached hydrogen (secondary N) is 2. The lowest BCUT2D eigenvalue weighted by atomic mass is 9.78. The van der Waals surface area contributed by atoms with Gasteiger partial charge in [-0.2, -0.15) is 0 Å². The molecule has 8 nitrogen and oxygen atoms in total. The number of hydrogen-bond donors (Lipinski definition) is 2. The normalized spacial score (nSPS) is 20.0. The van der Waals surface area contributed by atoms with Crippen LogP contribution in [0.25, 0.3) is 0 Å². The molecular weight excluding hydrogens is 576 g/mol. The Bertz CT molecular complexity index is 1810. The van der Waals surface area contributed by atoms with Gasteiger partial charge in [0, 0.05) is 36.4 Å². The first-order chi connectivity index (χ1) is 22.3. The van der Waals surface area contributed by atoms with Gasteiger partial charge in [0.25, 0.3) is 23.6 Å². The number of hydrogen-bond acceptors (Lipinski definition) is 6. The summed E-state index contributed by atoms with van der Waals surface area (Å²) in [5, 5.41) is 7.58. The molecule has 3 heterocycles. The molecular formula is C38H36N4O4. The quantitative estimate of drug-likeness (QED) is 0.206. The Morgan fingerprint density at radius 3 is 1.78 bits per heavy atom. The molecule has 3 aliphatic heterocycles. The van der Waals surface area contributed by atoms with Crippen molar-refractivity contribution in [3.63, 3.8) is 0 Å². The maximum atomic E-state index is 13.3. The molecule has 0 aliphatic carbocycles. The number of aryl methyl sites for hydroxylation is 2. The number of benzene rings is 4. The Morgan fingerprint density at radius 1 is 0.630 bits per heavy atom. The Labute approximate surface area is 268 Å². The van der Waals surface area contributed by atoms with Gasteiger partial charge in [-0.15, -0.1) is 0 Å². The average molecular weight is 613 g/mol. The second-order valence-electron chi connectivity index (χ2n) is 12.5. The predicted octanol–water partition coefficient (Wildman–Crippen LogP) is 6.63. The van der Waals surface area contributed by atoms with E-state index in [0.717, 1.165) is 28.1 Å². The van der Waals surface area contributed by atoms with Crippen LogP contribution >= 0.6 is 0 Å². The lowest BCUT2D eigenvalue weighted by molar-refractivity contribution is 0.0635. The second kappa shape index (κ2) is 11.9. The Kier molecular flexibility index (Phi) is 7.64. The van der Waals surface area contributed by atoms with Gasteiger partial charge in [0.1, 0.15) is 0 Å². The van der Waals surface area contributed by atoms with Gasteiger partial charge in [-0.25, -0.2) is 0 Å². The van der Waals surface area contributed by atoms with Crippen molar-refractivity contribution in [2.75, 3.05) is 23.7 Å². The molecule has 4 aromatic carbocycles. The van der Waals surface area contributed by atoms with Crippen LogP contribution in [0.4, 0.5) is 11.4 Å². The van der Waals surface area contributed by atoms with E-state index in [1.54, 1.807) is 48.5 Å². The maximum absolute atomic E-state index is 13.3. The molecule has 2 N–H and O–H groups in total. The number of carbonyl (C=O) groups excluding carboxylic acids is 4. The van der Waals surface area contributed by atoms with E-state index in [1.165, 1.54) is 9.80 Å². The van der Waals surface area contributed by atoms with Crippen LogP contribution in [0.3, 0.4) is 0 Å². The van der Waals surface area contributed by atoms with Crippen LogP contribution in [0.5, 0.6) is 0 Å². The largest absolute Gasteiger partial charge is 0.382 e. The van der Waals surface area contributed by atoms with Crippen molar-refractivity contribution in [1.29, 1.82) is 0 Å². The Balaban J connectivity index is 1.17. The minimum Gasteiger partial charge on any atom is -0.382 e. The lowest BCUT2D eigenvalue weighted by Gasteiger charge is -2.42. The van der Waals surface area contributed by atoms with Gasteiger partial charge in [0.05, 0.1) is 28.3 Å². The van der Waals surface area contributed by atoms with Gasteiger partial charge >= 0.3 is 0 Å². The zero-order valence-electron chi connectivity index (χ0n) is 26.0. The minimum absolute atomic E-state index is 0.0257. The molecule has 0 saturated carbocycles. The molecule has 3 atom stereocenters. The number of anilines is 2. The van der Waals surface area contributed by atoms with Crippen molar-refractivity contribution in [2.45, 2.75) is 45.2 Å². The van der Waals surface area contributed by atoms with Crippen molar-refractivity contribution in [2.24, 2.45) is 5.92 Å². The molecule has 0 bridgehead atoms. The van der Waals surface area contributed by atoms with E-state index < -0.39 is 0 Å². The van der Waals surface area contributed by atoms with Crippen molar-refractivity contribution >= 4 is 35.0 Å². The summed E-state index contributed by atoms with van der Waals surface area (Å²) in [5.74, 6) is -1.04. The fraction of sp³-hybridized carbons (Fsp3) is 0.263. The topological polar surface area (TPSA) is 98.8 Å². The number of imide groups is 2. The number of nitrogens with zero attached hydrogens (tertiary/aromatic N) is 2. The maximum Gasteiger partial charge on any atom is 0.261 e. The first kappa shape index (κ1) is 29.5. The summed E-state index contributed by atoms with van der Waals surface area (Å²) in [5.41, 5.74) is 7.22. The molecule has 8 heteroatoms. The molecule has 0 unspecified atom stereocenters. The number of rotatable bonds is 9. The fourth-order valence-electron chi connectivity index (χ4n) is 7.22. The zero-order valence-corrected chi connectivity index (χ0v) is 26.0. The molecule has 232 valence electrons. The number of carbonyl (C=O) groups is 4. The third-order valence-electron chi connectivity index (χ3n) is 9.51. The molecule has 7 rings (SSSR count). The van der Waals surface area contributed by atoms with Crippen molar-refractivity contribution in [3.05, 3.63) is 130 Å². The smallest absolute Gasteiger partial charge is 0.261 e. The summed E-state index contributed by atoms with van der Waals surface area (Å²) in [4.78, 5) is 55.4. The highest BCUT2D eigenvalue weighted by atomic mass is 16.2. The third kappa shape index (κ3) is 5.23. The van der Waals surface area contributed by atoms with E-state index in [-0.39, 0.29) is 48.2 Å². The molecule has 4 amide bonds. The monoisotopic (exact) mass is 612 g/mol. The van der Waals surface area contributed by atoms with Crippen LogP contribution in [0.15, 0.2) is 91.0 Å². The fourth-order valence-corrected chi connectivity index (χ4v) is 7.22. The number of amides is 4. The van der Waals surface area contributed by atoms with E-state index in [9.17, 15) is 19.2 Å². The van der Waals surface area contributed by atoms with Crippen molar-refractivity contribution < 1.29 is 19.2 Å². The molecule has 0 spiro atoms. The molecule has 0 radical (unpaired) electrons. The van der Waals surface area contributed by atoms with Gasteiger partial charge in [0.15, 0.2) is 0 Å². The highest BCUT2D eigenvalue weighted by Gasteiger charge is 2.41. The summed E-state index contributed by atoms with van der Waals surface area (Å²) in [6.07, 6.45) is 1.84. The third-order valence-corrected chi connectivity index (χ3v) is 9.51. The molecule has 3 aliphatic rings. The van der Waals surface area contributed by atoms with E-state index in [4.69, 9.17) is 0 Å². The van der Waals surface area contributed by atoms with Crippen LogP contribution in [0.1, 0.15) is 83.4 Å². The standard InChI is InChI=1S/C38H36N4O4/c1-23-9-7-10-25(21-23)39-34-30-17-16-24(2)22-33(30)40-32(15-8-19-41-35(43)26-11-3-4-12-27(26)36(41)44)31(34)18-20-42-37(45)28-13-5-6-14-29(28)38(42)46/h3-7,9-14,16-17,21-22,31-32,34,39-40H,8,15,18-20H2,1-2H3/t31-,32-,34-/m0/s1. The van der Waals surface area contributed by atoms with Crippen LogP contribution in [0.2, 0.25) is 0 Å². The van der Waals surface area contributed by atoms with Crippen molar-refractivity contribution in [1.82, 2.24) is 9.80 Å². The van der Waals surface area contributed by atoms with Crippen LogP contribution in [-0.2, 0) is 0 Å². The molecule has 4 aromatic rings. The summed E-state index contributed by atoms with van der Waals surface area (Å²) >= 11 is 0. The van der Waals surface area contributed by atoms with E-state index in [2.05, 4.69) is 60.9 Å². The first-order valence-corrected chi connectivity index (χ1v) is 15.9. The van der Waals surface area contributed by atoms with Gasteiger partial charge < -0.3 is 10.6 Å². The summed E-state index contributed by atoms with van der Waals surface area (Å²) in [6, 6.07) is 28.4. The van der Waals surface area contributed by atoms with E-state index in [1.807, 2.05) is 6.07 Å². The SMILES string of the molecule is Cc1cccc(N[C@H]2c3ccc(C)cc3N[C@@H](CCCN3C(=O)c4ccccc4C3=O)[C@@H]2CCN2C(=O)c3ccccc3C2=O)c1. The first-order valence-electron chi connectivity index (χ1n) is 15.9. The molecule has 0 aromatic heterocycles. The predicted molar refractivity (Wildman–Crippen MR) is 177 cm³/mol. The van der Waals surface area contributed by atoms with Crippen LogP contribution < -0.4 is 10.6 Å². The van der Waals surface area contributed by atoms with Gasteiger partial charge in [-0.05, 0) is 92.3 Å². The molecule has 46 heavy (non-hydrogen) atoms. The zero-order chi connectivity index (χ0) is 31.9. The highest BCUT2D eigenvalue weighted by Crippen LogP contribution is 2.43. The summed E-state index contributed by atoms with van der Waals surface area (Å²) in [7, 11) is 0. The summed E-state index contributed by atoms with van der Waals surface area (Å²) < 4.78 is 0. The van der Waals surface area contributed by atoms with Gasteiger partial charge in [-0.3, -0.25) is 29.0 Å². The van der Waals surface area contributed by atoms with Crippen LogP contribution in [-0.4, -0.2) is 52.6 Å². The summed E-state index contributed by atoms with van der Waals surface area (Å²) in [6.45, 7) is 4.72. The average Bonchev–Trinajstić information content (AvgIpc) is 3.44. The minimum atomic E-state index is -0.259. The second-order valence-corrected chi connectivity index (χ2v) is 12.5. The lowest BCUT2D eigenvalue weighted by Crippen LogP contribution is -2.43. The van der Waals surface area contributed by atoms with E-state index in [0.29, 0.717) is 48.1 Å². The molecule has 0 fully saturated rings. The van der Waals surface area contributed by atoms with E-state index >= 15 is 0 Å².